The largest absolute Gasteiger partial charge is 0.472 e. The van der Waals surface area contributed by atoms with Gasteiger partial charge in [-0.25, -0.2) is 0 Å². The first-order valence-corrected chi connectivity index (χ1v) is 5.61. The van der Waals surface area contributed by atoms with Gasteiger partial charge in [0.1, 0.15) is 0 Å². The Morgan fingerprint density at radius 3 is 2.53 bits per heavy atom. The third-order valence-electron chi connectivity index (χ3n) is 3.41. The van der Waals surface area contributed by atoms with E-state index in [1.165, 1.54) is 0 Å². The third-order valence-corrected chi connectivity index (χ3v) is 3.41. The van der Waals surface area contributed by atoms with Gasteiger partial charge in [0.05, 0.1) is 18.1 Å². The summed E-state index contributed by atoms with van der Waals surface area (Å²) in [5, 5.41) is 10.4. The first kappa shape index (κ1) is 10.7. The van der Waals surface area contributed by atoms with Gasteiger partial charge in [0.2, 0.25) is 0 Å². The highest BCUT2D eigenvalue weighted by molar-refractivity contribution is 5.17. The molecule has 2 heterocycles. The zero-order chi connectivity index (χ0) is 10.9. The predicted octanol–water partition coefficient (Wildman–Crippen LogP) is 1.97. The molecule has 0 aromatic carbocycles. The Balaban J connectivity index is 2.03. The van der Waals surface area contributed by atoms with Crippen LogP contribution in [0.1, 0.15) is 32.3 Å². The van der Waals surface area contributed by atoms with Crippen LogP contribution in [0.3, 0.4) is 0 Å². The summed E-state index contributed by atoms with van der Waals surface area (Å²) >= 11 is 0. The van der Waals surface area contributed by atoms with Gasteiger partial charge in [-0.05, 0) is 32.8 Å². The van der Waals surface area contributed by atoms with Crippen LogP contribution in [-0.2, 0) is 5.60 Å². The average molecular weight is 209 g/mol. The number of aliphatic hydroxyl groups is 1. The van der Waals surface area contributed by atoms with E-state index in [2.05, 4.69) is 18.7 Å². The lowest BCUT2D eigenvalue weighted by Gasteiger charge is -2.39. The minimum Gasteiger partial charge on any atom is -0.472 e. The van der Waals surface area contributed by atoms with Crippen LogP contribution < -0.4 is 0 Å². The molecule has 1 aromatic heterocycles. The molecule has 1 aromatic rings. The molecule has 0 radical (unpaired) electrons. The van der Waals surface area contributed by atoms with Crippen LogP contribution in [0, 0.1) is 0 Å². The number of likely N-dealkylation sites (tertiary alicyclic amines) is 1. The van der Waals surface area contributed by atoms with E-state index in [1.807, 2.05) is 6.07 Å². The molecule has 84 valence electrons. The van der Waals surface area contributed by atoms with Crippen LogP contribution >= 0.6 is 0 Å². The first-order valence-electron chi connectivity index (χ1n) is 5.61. The second-order valence-electron chi connectivity index (χ2n) is 4.67. The molecule has 3 heteroatoms. The number of furan rings is 1. The van der Waals surface area contributed by atoms with Crippen molar-refractivity contribution in [2.75, 3.05) is 13.1 Å². The van der Waals surface area contributed by atoms with Gasteiger partial charge in [-0.3, -0.25) is 0 Å². The molecule has 0 spiro atoms. The second-order valence-corrected chi connectivity index (χ2v) is 4.67. The predicted molar refractivity (Wildman–Crippen MR) is 58.5 cm³/mol. The average Bonchev–Trinajstić information content (AvgIpc) is 2.71. The van der Waals surface area contributed by atoms with Gasteiger partial charge in [-0.1, -0.05) is 0 Å². The van der Waals surface area contributed by atoms with Gasteiger partial charge >= 0.3 is 0 Å². The SMILES string of the molecule is CC(C)N1CCC(O)(c2ccoc2)CC1. The van der Waals surface area contributed by atoms with Crippen molar-refractivity contribution in [3.05, 3.63) is 24.2 Å². The first-order chi connectivity index (χ1) is 7.12. The standard InChI is InChI=1S/C12H19NO2/c1-10(2)13-6-4-12(14,5-7-13)11-3-8-15-9-11/h3,8-10,14H,4-7H2,1-2H3. The lowest BCUT2D eigenvalue weighted by Crippen LogP contribution is -2.45. The van der Waals surface area contributed by atoms with E-state index in [9.17, 15) is 5.11 Å². The topological polar surface area (TPSA) is 36.6 Å². The van der Waals surface area contributed by atoms with Crippen LogP contribution in [-0.4, -0.2) is 29.1 Å². The van der Waals surface area contributed by atoms with Crippen LogP contribution in [0.5, 0.6) is 0 Å². The summed E-state index contributed by atoms with van der Waals surface area (Å²) in [6, 6.07) is 2.43. The molecule has 2 rings (SSSR count). The fourth-order valence-corrected chi connectivity index (χ4v) is 2.23. The van der Waals surface area contributed by atoms with Crippen molar-refractivity contribution in [3.8, 4) is 0 Å². The highest BCUT2D eigenvalue weighted by Gasteiger charge is 2.35. The van der Waals surface area contributed by atoms with Gasteiger partial charge in [-0.15, -0.1) is 0 Å². The molecule has 3 nitrogen and oxygen atoms in total. The highest BCUT2D eigenvalue weighted by Crippen LogP contribution is 2.33. The lowest BCUT2D eigenvalue weighted by atomic mass is 9.86. The summed E-state index contributed by atoms with van der Waals surface area (Å²) in [6.45, 7) is 6.31. The van der Waals surface area contributed by atoms with E-state index in [-0.39, 0.29) is 0 Å². The minimum atomic E-state index is -0.668. The summed E-state index contributed by atoms with van der Waals surface area (Å²) in [6.07, 6.45) is 4.88. The monoisotopic (exact) mass is 209 g/mol. The molecule has 15 heavy (non-hydrogen) atoms. The number of hydrogen-bond acceptors (Lipinski definition) is 3. The van der Waals surface area contributed by atoms with Crippen molar-refractivity contribution in [2.45, 2.75) is 38.3 Å². The van der Waals surface area contributed by atoms with E-state index in [1.54, 1.807) is 12.5 Å². The van der Waals surface area contributed by atoms with Crippen LogP contribution in [0.4, 0.5) is 0 Å². The van der Waals surface area contributed by atoms with Crippen molar-refractivity contribution in [3.63, 3.8) is 0 Å². The van der Waals surface area contributed by atoms with Gasteiger partial charge in [0, 0.05) is 24.7 Å². The number of nitrogens with zero attached hydrogens (tertiary/aromatic N) is 1. The maximum Gasteiger partial charge on any atom is 0.0963 e. The van der Waals surface area contributed by atoms with Crippen LogP contribution in [0.2, 0.25) is 0 Å². The Morgan fingerprint density at radius 1 is 1.40 bits per heavy atom. The molecule has 0 bridgehead atoms. The van der Waals surface area contributed by atoms with E-state index >= 15 is 0 Å². The van der Waals surface area contributed by atoms with Crippen molar-refractivity contribution >= 4 is 0 Å². The maximum atomic E-state index is 10.4. The lowest BCUT2D eigenvalue weighted by molar-refractivity contribution is -0.0327. The third kappa shape index (κ3) is 2.08. The normalized spacial score (nSPS) is 22.1. The van der Waals surface area contributed by atoms with Crippen molar-refractivity contribution in [1.29, 1.82) is 0 Å². The molecule has 1 fully saturated rings. The molecule has 0 saturated carbocycles. The summed E-state index contributed by atoms with van der Waals surface area (Å²) in [5.74, 6) is 0. The highest BCUT2D eigenvalue weighted by atomic mass is 16.3. The Kier molecular flexibility index (Phi) is 2.85. The minimum absolute atomic E-state index is 0.568. The maximum absolute atomic E-state index is 10.4. The van der Waals surface area contributed by atoms with Crippen molar-refractivity contribution < 1.29 is 9.52 Å². The molecule has 0 aliphatic carbocycles. The van der Waals surface area contributed by atoms with E-state index in [0.29, 0.717) is 6.04 Å². The van der Waals surface area contributed by atoms with Gasteiger partial charge in [0.15, 0.2) is 0 Å². The molecule has 0 amide bonds. The zero-order valence-corrected chi connectivity index (χ0v) is 9.44. The molecular weight excluding hydrogens is 190 g/mol. The van der Waals surface area contributed by atoms with Crippen LogP contribution in [0.15, 0.2) is 23.0 Å². The Hall–Kier alpha value is -0.800. The quantitative estimate of drug-likeness (QED) is 0.809. The molecule has 1 N–H and O–H groups in total. The van der Waals surface area contributed by atoms with Crippen molar-refractivity contribution in [1.82, 2.24) is 4.90 Å². The Labute approximate surface area is 90.7 Å². The van der Waals surface area contributed by atoms with Crippen molar-refractivity contribution in [2.24, 2.45) is 0 Å². The van der Waals surface area contributed by atoms with Gasteiger partial charge in [0.25, 0.3) is 0 Å². The molecule has 0 unspecified atom stereocenters. The Bertz CT molecular complexity index is 297. The second kappa shape index (κ2) is 3.99. The van der Waals surface area contributed by atoms with Gasteiger partial charge < -0.3 is 14.4 Å². The fraction of sp³-hybridized carbons (Fsp3) is 0.667. The number of piperidine rings is 1. The van der Waals surface area contributed by atoms with Gasteiger partial charge in [-0.2, -0.15) is 0 Å². The number of hydrogen-bond donors (Lipinski definition) is 1. The zero-order valence-electron chi connectivity index (χ0n) is 9.44. The van der Waals surface area contributed by atoms with E-state index in [4.69, 9.17) is 4.42 Å². The molecule has 1 saturated heterocycles. The molecule has 1 aliphatic heterocycles. The summed E-state index contributed by atoms with van der Waals surface area (Å²) in [4.78, 5) is 2.40. The van der Waals surface area contributed by atoms with Crippen LogP contribution in [0.25, 0.3) is 0 Å². The fourth-order valence-electron chi connectivity index (χ4n) is 2.23. The smallest absolute Gasteiger partial charge is 0.0963 e. The summed E-state index contributed by atoms with van der Waals surface area (Å²) in [7, 11) is 0. The summed E-state index contributed by atoms with van der Waals surface area (Å²) < 4.78 is 5.03. The van der Waals surface area contributed by atoms with E-state index < -0.39 is 5.60 Å². The molecular formula is C12H19NO2. The van der Waals surface area contributed by atoms with E-state index in [0.717, 1.165) is 31.5 Å². The number of rotatable bonds is 2. The molecule has 0 atom stereocenters. The molecule has 1 aliphatic rings. The summed E-state index contributed by atoms with van der Waals surface area (Å²) in [5.41, 5.74) is 0.254. The Morgan fingerprint density at radius 2 is 2.07 bits per heavy atom.